The predicted molar refractivity (Wildman–Crippen MR) is 74.1 cm³/mol. The van der Waals surface area contributed by atoms with Crippen molar-refractivity contribution < 1.29 is 0 Å². The highest BCUT2D eigenvalue weighted by Crippen LogP contribution is 2.19. The molecule has 0 atom stereocenters. The van der Waals surface area contributed by atoms with Crippen LogP contribution < -0.4 is 10.2 Å². The van der Waals surface area contributed by atoms with E-state index in [4.69, 9.17) is 0 Å². The minimum Gasteiger partial charge on any atom is -0.338 e. The molecule has 0 spiro atoms. The van der Waals surface area contributed by atoms with E-state index >= 15 is 0 Å². The number of anilines is 1. The van der Waals surface area contributed by atoms with Crippen molar-refractivity contribution in [1.29, 1.82) is 0 Å². The Morgan fingerprint density at radius 2 is 2.21 bits per heavy atom. The molecule has 0 unspecified atom stereocenters. The van der Waals surface area contributed by atoms with Crippen molar-refractivity contribution >= 4 is 5.95 Å². The average Bonchev–Trinajstić information content (AvgIpc) is 2.75. The van der Waals surface area contributed by atoms with E-state index in [0.29, 0.717) is 0 Å². The van der Waals surface area contributed by atoms with E-state index in [1.165, 1.54) is 0 Å². The molecule has 0 amide bonds. The molecule has 2 N–H and O–H groups in total. The fourth-order valence-corrected chi connectivity index (χ4v) is 2.30. The third-order valence-electron chi connectivity index (χ3n) is 3.36. The summed E-state index contributed by atoms with van der Waals surface area (Å²) in [6, 6.07) is 3.93. The summed E-state index contributed by atoms with van der Waals surface area (Å²) < 4.78 is 0. The lowest BCUT2D eigenvalue weighted by Crippen LogP contribution is -2.28. The van der Waals surface area contributed by atoms with E-state index in [2.05, 4.69) is 30.4 Å². The van der Waals surface area contributed by atoms with E-state index in [1.54, 1.807) is 6.20 Å². The fourth-order valence-electron chi connectivity index (χ4n) is 2.30. The summed E-state index contributed by atoms with van der Waals surface area (Å²) in [6.45, 7) is 5.97. The van der Waals surface area contributed by atoms with E-state index < -0.39 is 0 Å². The Morgan fingerprint density at radius 3 is 3.11 bits per heavy atom. The van der Waals surface area contributed by atoms with Gasteiger partial charge in [-0.15, -0.1) is 5.10 Å². The highest BCUT2D eigenvalue weighted by Gasteiger charge is 2.15. The zero-order valence-corrected chi connectivity index (χ0v) is 11.1. The SMILES string of the molecule is Cc1ncccc1-c1nc(N2CCCNCC2)n[nH]1. The van der Waals surface area contributed by atoms with Crippen molar-refractivity contribution in [3.8, 4) is 11.4 Å². The molecule has 2 aromatic rings. The Labute approximate surface area is 112 Å². The quantitative estimate of drug-likeness (QED) is 0.840. The monoisotopic (exact) mass is 258 g/mol. The van der Waals surface area contributed by atoms with Crippen LogP contribution in [0.25, 0.3) is 11.4 Å². The first-order valence-corrected chi connectivity index (χ1v) is 6.64. The highest BCUT2D eigenvalue weighted by molar-refractivity contribution is 5.58. The van der Waals surface area contributed by atoms with Gasteiger partial charge in [-0.05, 0) is 32.0 Å². The summed E-state index contributed by atoms with van der Waals surface area (Å²) in [6.07, 6.45) is 2.91. The van der Waals surface area contributed by atoms with Gasteiger partial charge in [0, 0.05) is 37.1 Å². The van der Waals surface area contributed by atoms with Gasteiger partial charge in [-0.25, -0.2) is 0 Å². The summed E-state index contributed by atoms with van der Waals surface area (Å²) in [5, 5.41) is 10.7. The van der Waals surface area contributed by atoms with Crippen LogP contribution in [0.2, 0.25) is 0 Å². The maximum Gasteiger partial charge on any atom is 0.245 e. The molecular formula is C13H18N6. The Bertz CT molecular complexity index is 542. The van der Waals surface area contributed by atoms with Gasteiger partial charge >= 0.3 is 0 Å². The first-order chi connectivity index (χ1) is 9.34. The zero-order chi connectivity index (χ0) is 13.1. The van der Waals surface area contributed by atoms with E-state index in [9.17, 15) is 0 Å². The molecule has 0 bridgehead atoms. The number of nitrogens with zero attached hydrogens (tertiary/aromatic N) is 4. The first kappa shape index (κ1) is 12.1. The van der Waals surface area contributed by atoms with Crippen LogP contribution >= 0.6 is 0 Å². The Kier molecular flexibility index (Phi) is 3.41. The summed E-state index contributed by atoms with van der Waals surface area (Å²) in [5.41, 5.74) is 1.97. The molecule has 1 fully saturated rings. The van der Waals surface area contributed by atoms with Gasteiger partial charge in [-0.1, -0.05) is 0 Å². The van der Waals surface area contributed by atoms with Gasteiger partial charge < -0.3 is 10.2 Å². The maximum atomic E-state index is 4.60. The molecule has 3 rings (SSSR count). The minimum absolute atomic E-state index is 0.780. The van der Waals surface area contributed by atoms with Crippen molar-refractivity contribution in [3.63, 3.8) is 0 Å². The molecule has 2 aromatic heterocycles. The predicted octanol–water partition coefficient (Wildman–Crippen LogP) is 0.975. The average molecular weight is 258 g/mol. The second-order valence-electron chi connectivity index (χ2n) is 4.71. The van der Waals surface area contributed by atoms with Crippen molar-refractivity contribution in [2.45, 2.75) is 13.3 Å². The molecule has 0 radical (unpaired) electrons. The molecule has 6 nitrogen and oxygen atoms in total. The van der Waals surface area contributed by atoms with Crippen molar-refractivity contribution in [3.05, 3.63) is 24.0 Å². The van der Waals surface area contributed by atoms with Gasteiger partial charge in [-0.3, -0.25) is 10.1 Å². The maximum absolute atomic E-state index is 4.60. The molecule has 0 aromatic carbocycles. The molecule has 19 heavy (non-hydrogen) atoms. The number of pyridine rings is 1. The molecule has 1 aliphatic rings. The summed E-state index contributed by atoms with van der Waals surface area (Å²) in [4.78, 5) is 11.1. The highest BCUT2D eigenvalue weighted by atomic mass is 15.4. The lowest BCUT2D eigenvalue weighted by atomic mass is 10.2. The molecular weight excluding hydrogens is 240 g/mol. The third-order valence-corrected chi connectivity index (χ3v) is 3.36. The van der Waals surface area contributed by atoms with Gasteiger partial charge in [0.25, 0.3) is 0 Å². The molecule has 6 heteroatoms. The Hall–Kier alpha value is -1.95. The normalized spacial score (nSPS) is 16.4. The van der Waals surface area contributed by atoms with Crippen LogP contribution in [0, 0.1) is 6.92 Å². The largest absolute Gasteiger partial charge is 0.338 e. The second kappa shape index (κ2) is 5.36. The number of aromatic amines is 1. The smallest absolute Gasteiger partial charge is 0.245 e. The van der Waals surface area contributed by atoms with E-state index in [0.717, 1.165) is 55.6 Å². The number of hydrogen-bond donors (Lipinski definition) is 2. The molecule has 1 aliphatic heterocycles. The summed E-state index contributed by atoms with van der Waals surface area (Å²) >= 11 is 0. The van der Waals surface area contributed by atoms with Crippen LogP contribution in [0.1, 0.15) is 12.1 Å². The number of rotatable bonds is 2. The van der Waals surface area contributed by atoms with Gasteiger partial charge in [0.15, 0.2) is 5.82 Å². The van der Waals surface area contributed by atoms with Crippen LogP contribution in [-0.2, 0) is 0 Å². The van der Waals surface area contributed by atoms with Crippen molar-refractivity contribution in [2.24, 2.45) is 0 Å². The van der Waals surface area contributed by atoms with Gasteiger partial charge in [-0.2, -0.15) is 4.98 Å². The summed E-state index contributed by atoms with van der Waals surface area (Å²) in [7, 11) is 0. The number of nitrogens with one attached hydrogen (secondary N) is 2. The molecule has 3 heterocycles. The lowest BCUT2D eigenvalue weighted by Gasteiger charge is -2.16. The fraction of sp³-hybridized carbons (Fsp3) is 0.462. The van der Waals surface area contributed by atoms with Crippen LogP contribution in [0.4, 0.5) is 5.95 Å². The van der Waals surface area contributed by atoms with Crippen LogP contribution in [0.5, 0.6) is 0 Å². The number of aryl methyl sites for hydroxylation is 1. The molecule has 100 valence electrons. The first-order valence-electron chi connectivity index (χ1n) is 6.64. The Morgan fingerprint density at radius 1 is 1.26 bits per heavy atom. The standard InChI is InChI=1S/C13H18N6/c1-10-11(4-2-6-15-10)12-16-13(18-17-12)19-8-3-5-14-7-9-19/h2,4,6,14H,3,5,7-9H2,1H3,(H,16,17,18). The number of aromatic nitrogens is 4. The minimum atomic E-state index is 0.780. The zero-order valence-electron chi connectivity index (χ0n) is 11.1. The van der Waals surface area contributed by atoms with E-state index in [1.807, 2.05) is 19.1 Å². The molecule has 0 aliphatic carbocycles. The topological polar surface area (TPSA) is 69.7 Å². The van der Waals surface area contributed by atoms with Gasteiger partial charge in [0.1, 0.15) is 0 Å². The van der Waals surface area contributed by atoms with Crippen molar-refractivity contribution in [1.82, 2.24) is 25.5 Å². The van der Waals surface area contributed by atoms with Crippen LogP contribution in [0.15, 0.2) is 18.3 Å². The van der Waals surface area contributed by atoms with Gasteiger partial charge in [0.2, 0.25) is 5.95 Å². The molecule has 0 saturated carbocycles. The van der Waals surface area contributed by atoms with Crippen LogP contribution in [-0.4, -0.2) is 46.3 Å². The van der Waals surface area contributed by atoms with Crippen molar-refractivity contribution in [2.75, 3.05) is 31.1 Å². The Balaban J connectivity index is 1.85. The second-order valence-corrected chi connectivity index (χ2v) is 4.71. The van der Waals surface area contributed by atoms with E-state index in [-0.39, 0.29) is 0 Å². The van der Waals surface area contributed by atoms with Crippen LogP contribution in [0.3, 0.4) is 0 Å². The third kappa shape index (κ3) is 2.58. The lowest BCUT2D eigenvalue weighted by molar-refractivity contribution is 0.724. The summed E-state index contributed by atoms with van der Waals surface area (Å²) in [5.74, 6) is 1.57. The molecule has 1 saturated heterocycles. The van der Waals surface area contributed by atoms with Gasteiger partial charge in [0.05, 0.1) is 0 Å². The number of hydrogen-bond acceptors (Lipinski definition) is 5. The number of H-pyrrole nitrogens is 1.